The molecule has 1 N–H and O–H groups in total. The van der Waals surface area contributed by atoms with Crippen LogP contribution in [-0.2, 0) is 0 Å². The van der Waals surface area contributed by atoms with Crippen molar-refractivity contribution >= 4 is 10.9 Å². The Bertz CT molecular complexity index is 953. The minimum Gasteiger partial charge on any atom is -0.419 e. The minimum atomic E-state index is 0.275. The predicted octanol–water partition coefficient (Wildman–Crippen LogP) is 4.55. The third-order valence-electron chi connectivity index (χ3n) is 6.60. The first-order chi connectivity index (χ1) is 13.7. The van der Waals surface area contributed by atoms with E-state index in [9.17, 15) is 0 Å². The third-order valence-corrected chi connectivity index (χ3v) is 6.60. The Morgan fingerprint density at radius 1 is 1.11 bits per heavy atom. The van der Waals surface area contributed by atoms with Crippen LogP contribution in [0.15, 0.2) is 28.7 Å². The van der Waals surface area contributed by atoms with Gasteiger partial charge in [0.25, 0.3) is 5.89 Å². The molecule has 2 fully saturated rings. The lowest BCUT2D eigenvalue weighted by Crippen LogP contribution is -2.39. The van der Waals surface area contributed by atoms with Crippen molar-refractivity contribution in [3.63, 3.8) is 0 Å². The molecule has 2 unspecified atom stereocenters. The van der Waals surface area contributed by atoms with Gasteiger partial charge in [0.1, 0.15) is 0 Å². The molecule has 0 radical (unpaired) electrons. The largest absolute Gasteiger partial charge is 0.419 e. The zero-order valence-electron chi connectivity index (χ0n) is 16.8. The van der Waals surface area contributed by atoms with Gasteiger partial charge in [-0.1, -0.05) is 43.9 Å². The second-order valence-electron chi connectivity index (χ2n) is 8.66. The van der Waals surface area contributed by atoms with Gasteiger partial charge in [-0.25, -0.2) is 0 Å². The van der Waals surface area contributed by atoms with Gasteiger partial charge in [0, 0.05) is 17.3 Å². The number of fused-ring (bicyclic) bond motifs is 1. The quantitative estimate of drug-likeness (QED) is 0.720. The summed E-state index contributed by atoms with van der Waals surface area (Å²) in [5, 5.41) is 18.4. The van der Waals surface area contributed by atoms with E-state index in [-0.39, 0.29) is 6.04 Å². The Kier molecular flexibility index (Phi) is 4.67. The molecule has 5 rings (SSSR count). The molecule has 1 aromatic carbocycles. The van der Waals surface area contributed by atoms with E-state index in [1.807, 2.05) is 16.8 Å². The number of nitrogens with one attached hydrogen (secondary N) is 1. The number of para-hydroxylation sites is 1. The van der Waals surface area contributed by atoms with Gasteiger partial charge < -0.3 is 9.73 Å². The SMILES string of the molecule is CC(C)n1nc(-c2nnc(C3CCNCC3C3CCCC3)o2)c2ccccc21. The molecule has 1 aliphatic carbocycles. The number of hydrogen-bond donors (Lipinski definition) is 1. The molecule has 0 spiro atoms. The number of rotatable bonds is 4. The van der Waals surface area contributed by atoms with Crippen molar-refractivity contribution in [1.29, 1.82) is 0 Å². The van der Waals surface area contributed by atoms with Crippen LogP contribution >= 0.6 is 0 Å². The Balaban J connectivity index is 1.50. The van der Waals surface area contributed by atoms with Gasteiger partial charge in [-0.05, 0) is 51.3 Å². The normalized spacial score (nSPS) is 23.8. The summed E-state index contributed by atoms with van der Waals surface area (Å²) in [4.78, 5) is 0. The maximum Gasteiger partial charge on any atom is 0.268 e. The molecule has 2 aliphatic rings. The van der Waals surface area contributed by atoms with Crippen LogP contribution in [0.2, 0.25) is 0 Å². The van der Waals surface area contributed by atoms with Gasteiger partial charge in [0.15, 0.2) is 5.69 Å². The van der Waals surface area contributed by atoms with Crippen LogP contribution in [0.4, 0.5) is 0 Å². The van der Waals surface area contributed by atoms with E-state index in [4.69, 9.17) is 9.52 Å². The van der Waals surface area contributed by atoms with Gasteiger partial charge in [-0.3, -0.25) is 4.68 Å². The summed E-state index contributed by atoms with van der Waals surface area (Å²) in [6, 6.07) is 8.56. The summed E-state index contributed by atoms with van der Waals surface area (Å²) >= 11 is 0. The van der Waals surface area contributed by atoms with Gasteiger partial charge in [0.2, 0.25) is 5.89 Å². The highest BCUT2D eigenvalue weighted by Crippen LogP contribution is 2.42. The molecule has 148 valence electrons. The monoisotopic (exact) mass is 379 g/mol. The van der Waals surface area contributed by atoms with E-state index in [0.29, 0.717) is 17.7 Å². The zero-order chi connectivity index (χ0) is 19.1. The number of hydrogen-bond acceptors (Lipinski definition) is 5. The second kappa shape index (κ2) is 7.32. The van der Waals surface area contributed by atoms with Crippen molar-refractivity contribution in [3.8, 4) is 11.6 Å². The van der Waals surface area contributed by atoms with E-state index in [1.54, 1.807) is 0 Å². The summed E-state index contributed by atoms with van der Waals surface area (Å²) in [7, 11) is 0. The van der Waals surface area contributed by atoms with Gasteiger partial charge in [-0.15, -0.1) is 10.2 Å². The van der Waals surface area contributed by atoms with Crippen molar-refractivity contribution in [2.75, 3.05) is 13.1 Å². The third kappa shape index (κ3) is 3.04. The van der Waals surface area contributed by atoms with Crippen LogP contribution < -0.4 is 5.32 Å². The molecular formula is C22H29N5O. The lowest BCUT2D eigenvalue weighted by atomic mass is 9.77. The highest BCUT2D eigenvalue weighted by Gasteiger charge is 2.37. The minimum absolute atomic E-state index is 0.275. The zero-order valence-corrected chi connectivity index (χ0v) is 16.8. The fourth-order valence-corrected chi connectivity index (χ4v) is 5.19. The fraction of sp³-hybridized carbons (Fsp3) is 0.591. The molecule has 6 heteroatoms. The predicted molar refractivity (Wildman–Crippen MR) is 109 cm³/mol. The maximum absolute atomic E-state index is 6.27. The smallest absolute Gasteiger partial charge is 0.268 e. The van der Waals surface area contributed by atoms with Crippen LogP contribution in [0.5, 0.6) is 0 Å². The molecule has 2 atom stereocenters. The van der Waals surface area contributed by atoms with Crippen molar-refractivity contribution < 1.29 is 4.42 Å². The number of piperidine rings is 1. The van der Waals surface area contributed by atoms with Crippen molar-refractivity contribution in [1.82, 2.24) is 25.3 Å². The number of nitrogens with zero attached hydrogens (tertiary/aromatic N) is 4. The summed E-state index contributed by atoms with van der Waals surface area (Å²) < 4.78 is 8.32. The Morgan fingerprint density at radius 2 is 1.93 bits per heavy atom. The topological polar surface area (TPSA) is 68.8 Å². The molecular weight excluding hydrogens is 350 g/mol. The standard InChI is InChI=1S/C22H29N5O/c1-14(2)27-19-10-6-5-9-17(19)20(26-27)22-25-24-21(28-22)16-11-12-23-13-18(16)15-7-3-4-8-15/h5-6,9-10,14-16,18,23H,3-4,7-8,11-13H2,1-2H3. The highest BCUT2D eigenvalue weighted by molar-refractivity contribution is 5.91. The summed E-state index contributed by atoms with van der Waals surface area (Å²) in [6.07, 6.45) is 6.48. The van der Waals surface area contributed by atoms with Crippen LogP contribution in [0.25, 0.3) is 22.5 Å². The molecule has 0 bridgehead atoms. The molecule has 2 aromatic heterocycles. The number of benzene rings is 1. The molecule has 3 heterocycles. The average Bonchev–Trinajstić information content (AvgIpc) is 3.46. The van der Waals surface area contributed by atoms with Gasteiger partial charge in [-0.2, -0.15) is 5.10 Å². The number of aromatic nitrogens is 4. The second-order valence-corrected chi connectivity index (χ2v) is 8.66. The Morgan fingerprint density at radius 3 is 2.75 bits per heavy atom. The molecule has 28 heavy (non-hydrogen) atoms. The molecule has 0 amide bonds. The van der Waals surface area contributed by atoms with Crippen LogP contribution in [0.3, 0.4) is 0 Å². The maximum atomic E-state index is 6.27. The molecule has 6 nitrogen and oxygen atoms in total. The molecule has 1 saturated heterocycles. The van der Waals surface area contributed by atoms with E-state index >= 15 is 0 Å². The van der Waals surface area contributed by atoms with E-state index < -0.39 is 0 Å². The lowest BCUT2D eigenvalue weighted by Gasteiger charge is -2.34. The summed E-state index contributed by atoms with van der Waals surface area (Å²) in [6.45, 7) is 6.38. The average molecular weight is 380 g/mol. The summed E-state index contributed by atoms with van der Waals surface area (Å²) in [5.74, 6) is 3.11. The van der Waals surface area contributed by atoms with Gasteiger partial charge >= 0.3 is 0 Å². The lowest BCUT2D eigenvalue weighted by molar-refractivity contribution is 0.206. The van der Waals surface area contributed by atoms with E-state index in [0.717, 1.165) is 47.9 Å². The van der Waals surface area contributed by atoms with Crippen LogP contribution in [0, 0.1) is 11.8 Å². The van der Waals surface area contributed by atoms with E-state index in [1.165, 1.54) is 25.7 Å². The molecule has 1 saturated carbocycles. The molecule has 3 aromatic rings. The van der Waals surface area contributed by atoms with Crippen molar-refractivity contribution in [3.05, 3.63) is 30.2 Å². The summed E-state index contributed by atoms with van der Waals surface area (Å²) in [5.41, 5.74) is 1.91. The van der Waals surface area contributed by atoms with Crippen LogP contribution in [-0.4, -0.2) is 33.1 Å². The molecule has 1 aliphatic heterocycles. The Hall–Kier alpha value is -2.21. The first-order valence-corrected chi connectivity index (χ1v) is 10.7. The highest BCUT2D eigenvalue weighted by atomic mass is 16.4. The van der Waals surface area contributed by atoms with E-state index in [2.05, 4.69) is 41.5 Å². The van der Waals surface area contributed by atoms with Crippen molar-refractivity contribution in [2.24, 2.45) is 11.8 Å². The fourth-order valence-electron chi connectivity index (χ4n) is 5.19. The van der Waals surface area contributed by atoms with Gasteiger partial charge in [0.05, 0.1) is 5.52 Å². The van der Waals surface area contributed by atoms with Crippen LogP contribution in [0.1, 0.15) is 63.8 Å². The first-order valence-electron chi connectivity index (χ1n) is 10.7. The Labute approximate surface area is 165 Å². The first kappa shape index (κ1) is 17.9. The van der Waals surface area contributed by atoms with Crippen molar-refractivity contribution in [2.45, 2.75) is 57.9 Å².